The largest absolute Gasteiger partial charge is 0.372 e. The Balaban J connectivity index is 2.58. The van der Waals surface area contributed by atoms with Crippen molar-refractivity contribution >= 4 is 21.7 Å². The van der Waals surface area contributed by atoms with Gasteiger partial charge in [-0.25, -0.2) is 9.97 Å². The van der Waals surface area contributed by atoms with Crippen LogP contribution in [-0.2, 0) is 6.42 Å². The second kappa shape index (κ2) is 6.10. The van der Waals surface area contributed by atoms with Crippen LogP contribution in [0.25, 0.3) is 11.4 Å². The van der Waals surface area contributed by atoms with E-state index in [0.29, 0.717) is 0 Å². The van der Waals surface area contributed by atoms with Crippen LogP contribution in [0, 0.1) is 6.92 Å². The monoisotopic (exact) mass is 320 g/mol. The first kappa shape index (κ1) is 13.9. The Hall–Kier alpha value is -1.49. The molecule has 1 N–H and O–H groups in total. The first-order chi connectivity index (χ1) is 9.17. The van der Waals surface area contributed by atoms with E-state index >= 15 is 0 Å². The Bertz CT molecular complexity index is 584. The van der Waals surface area contributed by atoms with Gasteiger partial charge in [-0.3, -0.25) is 4.98 Å². The predicted octanol–water partition coefficient (Wildman–Crippen LogP) is 3.60. The van der Waals surface area contributed by atoms with E-state index in [1.165, 1.54) is 0 Å². The lowest BCUT2D eigenvalue weighted by molar-refractivity contribution is 0.868. The van der Waals surface area contributed by atoms with Gasteiger partial charge >= 0.3 is 0 Å². The zero-order valence-corrected chi connectivity index (χ0v) is 13.0. The molecule has 0 spiro atoms. The number of rotatable bonds is 4. The Morgan fingerprint density at radius 3 is 2.74 bits per heavy atom. The minimum Gasteiger partial charge on any atom is -0.372 e. The van der Waals surface area contributed by atoms with Crippen molar-refractivity contribution in [3.8, 4) is 11.4 Å². The summed E-state index contributed by atoms with van der Waals surface area (Å²) in [6, 6.07) is 1.97. The molecule has 0 aliphatic rings. The molecule has 0 atom stereocenters. The number of pyridine rings is 1. The van der Waals surface area contributed by atoms with Gasteiger partial charge in [0.1, 0.15) is 5.82 Å². The highest BCUT2D eigenvalue weighted by atomic mass is 79.9. The van der Waals surface area contributed by atoms with Gasteiger partial charge in [-0.05, 0) is 40.9 Å². The molecular weight excluding hydrogens is 304 g/mol. The molecule has 19 heavy (non-hydrogen) atoms. The average molecular weight is 321 g/mol. The third-order valence-corrected chi connectivity index (χ3v) is 3.76. The lowest BCUT2D eigenvalue weighted by Gasteiger charge is -2.11. The molecular formula is C14H17BrN4. The molecule has 0 aliphatic carbocycles. The van der Waals surface area contributed by atoms with E-state index in [4.69, 9.17) is 0 Å². The van der Waals surface area contributed by atoms with Gasteiger partial charge in [-0.15, -0.1) is 0 Å². The Morgan fingerprint density at radius 2 is 2.11 bits per heavy atom. The van der Waals surface area contributed by atoms with E-state index in [-0.39, 0.29) is 0 Å². The van der Waals surface area contributed by atoms with E-state index in [2.05, 4.69) is 43.1 Å². The highest BCUT2D eigenvalue weighted by Gasteiger charge is 2.13. The third-order valence-electron chi connectivity index (χ3n) is 2.92. The second-order valence-electron chi connectivity index (χ2n) is 4.35. The maximum atomic E-state index is 4.66. The second-order valence-corrected chi connectivity index (χ2v) is 5.14. The minimum atomic E-state index is 0.724. The lowest BCUT2D eigenvalue weighted by atomic mass is 10.1. The van der Waals surface area contributed by atoms with Crippen LogP contribution in [0.4, 0.5) is 5.82 Å². The summed E-state index contributed by atoms with van der Waals surface area (Å²) in [6.07, 6.45) is 5.56. The van der Waals surface area contributed by atoms with E-state index in [1.807, 2.05) is 26.2 Å². The number of hydrogen-bond acceptors (Lipinski definition) is 4. The van der Waals surface area contributed by atoms with E-state index in [9.17, 15) is 0 Å². The van der Waals surface area contributed by atoms with Crippen molar-refractivity contribution in [3.63, 3.8) is 0 Å². The van der Waals surface area contributed by atoms with Crippen LogP contribution in [0.5, 0.6) is 0 Å². The summed E-state index contributed by atoms with van der Waals surface area (Å²) in [4.78, 5) is 13.4. The Morgan fingerprint density at radius 1 is 1.32 bits per heavy atom. The zero-order valence-electron chi connectivity index (χ0n) is 11.4. The third kappa shape index (κ3) is 2.92. The highest BCUT2D eigenvalue weighted by molar-refractivity contribution is 9.10. The smallest absolute Gasteiger partial charge is 0.163 e. The fourth-order valence-electron chi connectivity index (χ4n) is 1.88. The van der Waals surface area contributed by atoms with Crippen LogP contribution in [0.1, 0.15) is 24.6 Å². The standard InChI is InChI=1S/C14H17BrN4/c1-4-5-11-12(15)14(16-3)19-13(18-11)10-8-17-7-6-9(10)2/h6-8H,4-5H2,1-3H3,(H,16,18,19). The van der Waals surface area contributed by atoms with Crippen molar-refractivity contribution in [3.05, 3.63) is 34.2 Å². The molecule has 0 saturated heterocycles. The zero-order chi connectivity index (χ0) is 13.8. The number of nitrogens with zero attached hydrogens (tertiary/aromatic N) is 3. The molecule has 0 saturated carbocycles. The van der Waals surface area contributed by atoms with Gasteiger partial charge in [0.15, 0.2) is 5.82 Å². The molecule has 5 heteroatoms. The number of aromatic nitrogens is 3. The summed E-state index contributed by atoms with van der Waals surface area (Å²) in [5.74, 6) is 1.54. The molecule has 2 rings (SSSR count). The number of halogens is 1. The molecule has 4 nitrogen and oxygen atoms in total. The van der Waals surface area contributed by atoms with Crippen molar-refractivity contribution in [1.82, 2.24) is 15.0 Å². The quantitative estimate of drug-likeness (QED) is 0.935. The highest BCUT2D eigenvalue weighted by Crippen LogP contribution is 2.28. The fourth-order valence-corrected chi connectivity index (χ4v) is 2.45. The molecule has 100 valence electrons. The van der Waals surface area contributed by atoms with Crippen molar-refractivity contribution in [2.75, 3.05) is 12.4 Å². The maximum Gasteiger partial charge on any atom is 0.163 e. The van der Waals surface area contributed by atoms with Gasteiger partial charge in [-0.2, -0.15) is 0 Å². The molecule has 0 aliphatic heterocycles. The fraction of sp³-hybridized carbons (Fsp3) is 0.357. The molecule has 0 aromatic carbocycles. The normalized spacial score (nSPS) is 10.5. The molecule has 0 amide bonds. The summed E-state index contributed by atoms with van der Waals surface area (Å²) in [5, 5.41) is 3.11. The molecule has 0 unspecified atom stereocenters. The number of hydrogen-bond donors (Lipinski definition) is 1. The lowest BCUT2D eigenvalue weighted by Crippen LogP contribution is -2.04. The predicted molar refractivity (Wildman–Crippen MR) is 81.2 cm³/mol. The van der Waals surface area contributed by atoms with E-state index < -0.39 is 0 Å². The van der Waals surface area contributed by atoms with Crippen LogP contribution in [0.3, 0.4) is 0 Å². The van der Waals surface area contributed by atoms with Gasteiger partial charge < -0.3 is 5.32 Å². The van der Waals surface area contributed by atoms with Crippen LogP contribution in [-0.4, -0.2) is 22.0 Å². The number of anilines is 1. The average Bonchev–Trinajstić information content (AvgIpc) is 2.42. The van der Waals surface area contributed by atoms with Gasteiger partial charge in [0.2, 0.25) is 0 Å². The molecule has 2 aromatic heterocycles. The van der Waals surface area contributed by atoms with Gasteiger partial charge in [0.25, 0.3) is 0 Å². The summed E-state index contributed by atoms with van der Waals surface area (Å²) < 4.78 is 0.946. The Labute approximate surface area is 121 Å². The Kier molecular flexibility index (Phi) is 4.47. The van der Waals surface area contributed by atoms with E-state index in [0.717, 1.165) is 45.8 Å². The van der Waals surface area contributed by atoms with Crippen molar-refractivity contribution in [2.24, 2.45) is 0 Å². The first-order valence-electron chi connectivity index (χ1n) is 6.32. The summed E-state index contributed by atoms with van der Waals surface area (Å²) >= 11 is 3.56. The van der Waals surface area contributed by atoms with Crippen LogP contribution >= 0.6 is 15.9 Å². The molecule has 0 bridgehead atoms. The van der Waals surface area contributed by atoms with Crippen LogP contribution < -0.4 is 5.32 Å². The maximum absolute atomic E-state index is 4.66. The number of nitrogens with one attached hydrogen (secondary N) is 1. The summed E-state index contributed by atoms with van der Waals surface area (Å²) in [6.45, 7) is 4.18. The molecule has 2 aromatic rings. The van der Waals surface area contributed by atoms with Crippen molar-refractivity contribution in [1.29, 1.82) is 0 Å². The van der Waals surface area contributed by atoms with Crippen molar-refractivity contribution < 1.29 is 0 Å². The molecule has 2 heterocycles. The minimum absolute atomic E-state index is 0.724. The summed E-state index contributed by atoms with van der Waals surface area (Å²) in [7, 11) is 1.86. The topological polar surface area (TPSA) is 50.7 Å². The van der Waals surface area contributed by atoms with Gasteiger partial charge in [0.05, 0.1) is 10.2 Å². The van der Waals surface area contributed by atoms with Gasteiger partial charge in [-0.1, -0.05) is 13.3 Å². The SMILES string of the molecule is CCCc1nc(-c2cnccc2C)nc(NC)c1Br. The number of aryl methyl sites for hydroxylation is 2. The molecule has 0 radical (unpaired) electrons. The van der Waals surface area contributed by atoms with E-state index in [1.54, 1.807) is 6.20 Å². The first-order valence-corrected chi connectivity index (χ1v) is 7.11. The van der Waals surface area contributed by atoms with Crippen LogP contribution in [0.2, 0.25) is 0 Å². The van der Waals surface area contributed by atoms with Crippen molar-refractivity contribution in [2.45, 2.75) is 26.7 Å². The van der Waals surface area contributed by atoms with Crippen LogP contribution in [0.15, 0.2) is 22.9 Å². The van der Waals surface area contributed by atoms with Gasteiger partial charge in [0, 0.05) is 25.0 Å². The summed E-state index contributed by atoms with van der Waals surface area (Å²) in [5.41, 5.74) is 3.13. The molecule has 0 fully saturated rings.